The van der Waals surface area contributed by atoms with Crippen molar-refractivity contribution in [1.29, 1.82) is 0 Å². The van der Waals surface area contributed by atoms with Gasteiger partial charge in [-0.25, -0.2) is 0 Å². The Balaban J connectivity index is 2.56. The average Bonchev–Trinajstić information content (AvgIpc) is 1.94. The summed E-state index contributed by atoms with van der Waals surface area (Å²) in [7, 11) is 0. The van der Waals surface area contributed by atoms with Crippen molar-refractivity contribution in [3.8, 4) is 0 Å². The van der Waals surface area contributed by atoms with Gasteiger partial charge in [0, 0.05) is 12.3 Å². The lowest BCUT2D eigenvalue weighted by atomic mass is 10.0. The van der Waals surface area contributed by atoms with Gasteiger partial charge in [0.05, 0.1) is 0 Å². The number of rotatable bonds is 2. The highest BCUT2D eigenvalue weighted by atomic mass is 14.7. The largest absolute Gasteiger partial charge is 0.289 e. The Labute approximate surface area is 62.9 Å². The highest BCUT2D eigenvalue weighted by molar-refractivity contribution is 6.00. The first-order valence-electron chi connectivity index (χ1n) is 4.05. The maximum absolute atomic E-state index is 4.45. The normalized spacial score (nSPS) is 18.2. The van der Waals surface area contributed by atoms with Crippen molar-refractivity contribution in [2.24, 2.45) is 4.99 Å². The van der Waals surface area contributed by atoms with Gasteiger partial charge in [-0.1, -0.05) is 19.4 Å². The van der Waals surface area contributed by atoms with Gasteiger partial charge in [-0.05, 0) is 25.3 Å². The molecule has 0 aromatic heterocycles. The molecule has 0 fully saturated rings. The second kappa shape index (κ2) is 3.55. The van der Waals surface area contributed by atoms with Crippen LogP contribution in [-0.4, -0.2) is 12.3 Å². The molecule has 1 heterocycles. The zero-order chi connectivity index (χ0) is 7.40. The molecule has 0 aromatic rings. The van der Waals surface area contributed by atoms with Crippen LogP contribution in [0.3, 0.4) is 0 Å². The summed E-state index contributed by atoms with van der Waals surface area (Å²) in [6.07, 6.45) is 5.80. The number of dihydropyridines is 1. The van der Waals surface area contributed by atoms with E-state index in [9.17, 15) is 0 Å². The van der Waals surface area contributed by atoms with E-state index in [0.29, 0.717) is 0 Å². The van der Waals surface area contributed by atoms with Crippen LogP contribution in [0, 0.1) is 0 Å². The van der Waals surface area contributed by atoms with Gasteiger partial charge in [0.25, 0.3) is 0 Å². The lowest BCUT2D eigenvalue weighted by Gasteiger charge is -2.09. The summed E-state index contributed by atoms with van der Waals surface area (Å²) in [5.74, 6) is 0. The van der Waals surface area contributed by atoms with Crippen LogP contribution in [0.15, 0.2) is 16.6 Å². The SMILES string of the molecule is CCCC1=NCCC=C1C. The monoisotopic (exact) mass is 137 g/mol. The van der Waals surface area contributed by atoms with E-state index in [2.05, 4.69) is 24.9 Å². The molecule has 1 aliphatic rings. The number of hydrogen-bond donors (Lipinski definition) is 0. The van der Waals surface area contributed by atoms with Crippen molar-refractivity contribution in [2.45, 2.75) is 33.1 Å². The quantitative estimate of drug-likeness (QED) is 0.554. The predicted molar refractivity (Wildman–Crippen MR) is 45.6 cm³/mol. The summed E-state index contributed by atoms with van der Waals surface area (Å²) < 4.78 is 0. The van der Waals surface area contributed by atoms with Crippen LogP contribution in [0.5, 0.6) is 0 Å². The van der Waals surface area contributed by atoms with Gasteiger partial charge in [0.1, 0.15) is 0 Å². The zero-order valence-electron chi connectivity index (χ0n) is 6.85. The molecule has 10 heavy (non-hydrogen) atoms. The lowest BCUT2D eigenvalue weighted by molar-refractivity contribution is 0.925. The summed E-state index contributed by atoms with van der Waals surface area (Å²) in [6, 6.07) is 0. The maximum atomic E-state index is 4.45. The fraction of sp³-hybridized carbons (Fsp3) is 0.667. The highest BCUT2D eigenvalue weighted by Crippen LogP contribution is 2.10. The van der Waals surface area contributed by atoms with Gasteiger partial charge < -0.3 is 0 Å². The summed E-state index contributed by atoms with van der Waals surface area (Å²) in [4.78, 5) is 4.45. The molecule has 0 saturated carbocycles. The van der Waals surface area contributed by atoms with Crippen molar-refractivity contribution in [1.82, 2.24) is 0 Å². The second-order valence-corrected chi connectivity index (χ2v) is 2.75. The first-order chi connectivity index (χ1) is 4.84. The fourth-order valence-electron chi connectivity index (χ4n) is 1.24. The standard InChI is InChI=1S/C9H15N/c1-3-5-9-8(2)6-4-7-10-9/h6H,3-5,7H2,1-2H3. The van der Waals surface area contributed by atoms with Crippen LogP contribution >= 0.6 is 0 Å². The van der Waals surface area contributed by atoms with Crippen LogP contribution in [0.25, 0.3) is 0 Å². The highest BCUT2D eigenvalue weighted by Gasteiger charge is 2.03. The molecule has 1 heteroatoms. The van der Waals surface area contributed by atoms with Crippen LogP contribution in [-0.2, 0) is 0 Å². The molecule has 0 aliphatic carbocycles. The molecular weight excluding hydrogens is 122 g/mol. The van der Waals surface area contributed by atoms with Gasteiger partial charge in [0.15, 0.2) is 0 Å². The van der Waals surface area contributed by atoms with E-state index in [1.807, 2.05) is 0 Å². The maximum Gasteiger partial charge on any atom is 0.0427 e. The molecule has 0 radical (unpaired) electrons. The van der Waals surface area contributed by atoms with E-state index >= 15 is 0 Å². The van der Waals surface area contributed by atoms with Crippen molar-refractivity contribution < 1.29 is 0 Å². The number of allylic oxidation sites excluding steroid dienone is 1. The minimum absolute atomic E-state index is 1.01. The Morgan fingerprint density at radius 1 is 1.60 bits per heavy atom. The minimum Gasteiger partial charge on any atom is -0.289 e. The second-order valence-electron chi connectivity index (χ2n) is 2.75. The summed E-state index contributed by atoms with van der Waals surface area (Å²) in [5, 5.41) is 0. The summed E-state index contributed by atoms with van der Waals surface area (Å²) in [6.45, 7) is 5.37. The number of aliphatic imine (C=N–C) groups is 1. The van der Waals surface area contributed by atoms with Crippen LogP contribution in [0.2, 0.25) is 0 Å². The molecular formula is C9H15N. The molecule has 0 atom stereocenters. The van der Waals surface area contributed by atoms with E-state index in [1.165, 1.54) is 17.7 Å². The topological polar surface area (TPSA) is 12.4 Å². The Kier molecular flexibility index (Phi) is 2.67. The molecule has 0 unspecified atom stereocenters. The van der Waals surface area contributed by atoms with Gasteiger partial charge in [-0.15, -0.1) is 0 Å². The smallest absolute Gasteiger partial charge is 0.0427 e. The Morgan fingerprint density at radius 3 is 3.00 bits per heavy atom. The summed E-state index contributed by atoms with van der Waals surface area (Å²) >= 11 is 0. The van der Waals surface area contributed by atoms with E-state index < -0.39 is 0 Å². The molecule has 0 spiro atoms. The van der Waals surface area contributed by atoms with Crippen LogP contribution in [0.1, 0.15) is 33.1 Å². The van der Waals surface area contributed by atoms with Crippen molar-refractivity contribution >= 4 is 5.71 Å². The zero-order valence-corrected chi connectivity index (χ0v) is 6.85. The van der Waals surface area contributed by atoms with E-state index in [4.69, 9.17) is 0 Å². The predicted octanol–water partition coefficient (Wildman–Crippen LogP) is 2.58. The van der Waals surface area contributed by atoms with Gasteiger partial charge >= 0.3 is 0 Å². The molecule has 56 valence electrons. The molecule has 0 N–H and O–H groups in total. The van der Waals surface area contributed by atoms with Gasteiger partial charge in [-0.3, -0.25) is 4.99 Å². The van der Waals surface area contributed by atoms with Crippen molar-refractivity contribution in [3.05, 3.63) is 11.6 Å². The van der Waals surface area contributed by atoms with Gasteiger partial charge in [-0.2, -0.15) is 0 Å². The first kappa shape index (κ1) is 7.52. The van der Waals surface area contributed by atoms with Crippen LogP contribution < -0.4 is 0 Å². The van der Waals surface area contributed by atoms with E-state index in [-0.39, 0.29) is 0 Å². The Morgan fingerprint density at radius 2 is 2.40 bits per heavy atom. The Hall–Kier alpha value is -0.590. The number of hydrogen-bond acceptors (Lipinski definition) is 1. The third-order valence-corrected chi connectivity index (χ3v) is 1.82. The average molecular weight is 137 g/mol. The van der Waals surface area contributed by atoms with Gasteiger partial charge in [0.2, 0.25) is 0 Å². The molecule has 1 rings (SSSR count). The molecule has 0 amide bonds. The molecule has 1 aliphatic heterocycles. The summed E-state index contributed by atoms with van der Waals surface area (Å²) in [5.41, 5.74) is 2.72. The number of nitrogens with zero attached hydrogens (tertiary/aromatic N) is 1. The Bertz CT molecular complexity index is 166. The third-order valence-electron chi connectivity index (χ3n) is 1.82. The molecule has 1 nitrogen and oxygen atoms in total. The van der Waals surface area contributed by atoms with Crippen molar-refractivity contribution in [2.75, 3.05) is 6.54 Å². The minimum atomic E-state index is 1.01. The van der Waals surface area contributed by atoms with Crippen LogP contribution in [0.4, 0.5) is 0 Å². The lowest BCUT2D eigenvalue weighted by Crippen LogP contribution is -2.05. The van der Waals surface area contributed by atoms with Crippen molar-refractivity contribution in [3.63, 3.8) is 0 Å². The molecule has 0 saturated heterocycles. The molecule has 0 bridgehead atoms. The van der Waals surface area contributed by atoms with E-state index in [1.54, 1.807) is 0 Å². The first-order valence-corrected chi connectivity index (χ1v) is 4.05. The third kappa shape index (κ3) is 1.69. The molecule has 0 aromatic carbocycles. The fourth-order valence-corrected chi connectivity index (χ4v) is 1.24. The van der Waals surface area contributed by atoms with E-state index in [0.717, 1.165) is 19.4 Å².